The summed E-state index contributed by atoms with van der Waals surface area (Å²) in [6.45, 7) is 5.55. The number of imidazole rings is 1. The van der Waals surface area contributed by atoms with E-state index in [4.69, 9.17) is 10.5 Å². The van der Waals surface area contributed by atoms with Crippen molar-refractivity contribution >= 4 is 36.4 Å². The summed E-state index contributed by atoms with van der Waals surface area (Å²) in [6, 6.07) is 13.1. The molecule has 3 aromatic rings. The molecule has 0 aliphatic carbocycles. The number of fused-ring (bicyclic) bond motifs is 1. The Morgan fingerprint density at radius 3 is 2.66 bits per heavy atom. The van der Waals surface area contributed by atoms with E-state index in [0.717, 1.165) is 11.3 Å². The molecule has 0 saturated carbocycles. The average Bonchev–Trinajstić information content (AvgIpc) is 3.08. The first-order valence-corrected chi connectivity index (χ1v) is 8.99. The van der Waals surface area contributed by atoms with Crippen molar-refractivity contribution in [2.45, 2.75) is 20.5 Å². The summed E-state index contributed by atoms with van der Waals surface area (Å²) < 4.78 is 7.80. The lowest BCUT2D eigenvalue weighted by Crippen LogP contribution is -2.39. The molecule has 29 heavy (non-hydrogen) atoms. The average molecular weight is 439 g/mol. The lowest BCUT2D eigenvalue weighted by atomic mass is 9.93. The first kappa shape index (κ1) is 24.8. The second kappa shape index (κ2) is 10.5. The number of carbonyl (C=O) groups excluding carboxylic acids is 1. The van der Waals surface area contributed by atoms with Crippen LogP contribution in [0.3, 0.4) is 0 Å². The molecule has 1 aromatic carbocycles. The van der Waals surface area contributed by atoms with Crippen LogP contribution in [0.4, 0.5) is 0 Å². The molecule has 0 bridgehead atoms. The van der Waals surface area contributed by atoms with E-state index in [9.17, 15) is 4.79 Å². The number of ether oxygens (including phenoxy) is 1. The number of halogens is 2. The van der Waals surface area contributed by atoms with Crippen molar-refractivity contribution in [1.82, 2.24) is 14.3 Å². The van der Waals surface area contributed by atoms with Crippen LogP contribution in [0.25, 0.3) is 5.65 Å². The van der Waals surface area contributed by atoms with Gasteiger partial charge in [0, 0.05) is 31.5 Å². The predicted molar refractivity (Wildman–Crippen MR) is 120 cm³/mol. The van der Waals surface area contributed by atoms with Gasteiger partial charge in [0.15, 0.2) is 0 Å². The monoisotopic (exact) mass is 438 g/mol. The minimum Gasteiger partial charge on any atom is -0.487 e. The first-order valence-electron chi connectivity index (χ1n) is 8.99. The summed E-state index contributed by atoms with van der Waals surface area (Å²) in [4.78, 5) is 18.9. The Bertz CT molecular complexity index is 910. The maximum atomic E-state index is 12.7. The second-order valence-electron chi connectivity index (χ2n) is 7.54. The third-order valence-electron chi connectivity index (χ3n) is 4.45. The van der Waals surface area contributed by atoms with Crippen molar-refractivity contribution in [3.05, 3.63) is 66.1 Å². The highest BCUT2D eigenvalue weighted by Crippen LogP contribution is 2.19. The van der Waals surface area contributed by atoms with Crippen LogP contribution in [0.1, 0.15) is 29.9 Å². The number of benzene rings is 1. The van der Waals surface area contributed by atoms with Crippen molar-refractivity contribution in [3.8, 4) is 5.75 Å². The van der Waals surface area contributed by atoms with Crippen molar-refractivity contribution < 1.29 is 9.53 Å². The fourth-order valence-corrected chi connectivity index (χ4v) is 2.93. The number of aromatic nitrogens is 2. The summed E-state index contributed by atoms with van der Waals surface area (Å²) in [5.74, 6) is 0.596. The molecule has 8 heteroatoms. The van der Waals surface area contributed by atoms with Crippen molar-refractivity contribution in [3.63, 3.8) is 0 Å². The standard InChI is InChI=1S/C21H26N4O2.2ClH/c1-21(2,14-22)15-24(3)20(26)16-7-6-8-18(11-16)27-13-17-12-25-10-5-4-9-19(25)23-17;;/h4-12H,13-15,22H2,1-3H3;2*1H. The third kappa shape index (κ3) is 6.35. The zero-order valence-electron chi connectivity index (χ0n) is 16.9. The van der Waals surface area contributed by atoms with Crippen LogP contribution in [0.15, 0.2) is 54.9 Å². The highest BCUT2D eigenvalue weighted by atomic mass is 35.5. The molecule has 2 aromatic heterocycles. The molecule has 0 atom stereocenters. The van der Waals surface area contributed by atoms with E-state index < -0.39 is 0 Å². The fourth-order valence-electron chi connectivity index (χ4n) is 2.93. The minimum absolute atomic E-state index is 0. The molecule has 158 valence electrons. The summed E-state index contributed by atoms with van der Waals surface area (Å²) in [7, 11) is 1.80. The highest BCUT2D eigenvalue weighted by Gasteiger charge is 2.22. The van der Waals surface area contributed by atoms with E-state index in [1.54, 1.807) is 24.1 Å². The van der Waals surface area contributed by atoms with Crippen LogP contribution in [0.2, 0.25) is 0 Å². The lowest BCUT2D eigenvalue weighted by Gasteiger charge is -2.29. The van der Waals surface area contributed by atoms with Gasteiger partial charge in [-0.3, -0.25) is 4.79 Å². The highest BCUT2D eigenvalue weighted by molar-refractivity contribution is 5.94. The molecule has 2 heterocycles. The Labute approximate surface area is 183 Å². The van der Waals surface area contributed by atoms with Crippen LogP contribution in [-0.4, -0.2) is 40.3 Å². The smallest absolute Gasteiger partial charge is 0.253 e. The minimum atomic E-state index is -0.123. The molecule has 0 spiro atoms. The van der Waals surface area contributed by atoms with Crippen LogP contribution in [0, 0.1) is 5.41 Å². The Morgan fingerprint density at radius 1 is 1.21 bits per heavy atom. The number of carbonyl (C=O) groups is 1. The van der Waals surface area contributed by atoms with E-state index in [1.807, 2.05) is 61.0 Å². The Balaban J connectivity index is 0.00000210. The van der Waals surface area contributed by atoms with Gasteiger partial charge >= 0.3 is 0 Å². The number of hydrogen-bond donors (Lipinski definition) is 1. The van der Waals surface area contributed by atoms with E-state index in [-0.39, 0.29) is 36.1 Å². The van der Waals surface area contributed by atoms with E-state index in [2.05, 4.69) is 4.98 Å². The molecule has 3 rings (SSSR count). The molecule has 0 saturated heterocycles. The van der Waals surface area contributed by atoms with E-state index in [1.165, 1.54) is 0 Å². The largest absolute Gasteiger partial charge is 0.487 e. The number of amides is 1. The number of nitrogens with two attached hydrogens (primary N) is 1. The van der Waals surface area contributed by atoms with E-state index in [0.29, 0.717) is 31.0 Å². The Hall–Kier alpha value is -2.28. The topological polar surface area (TPSA) is 72.9 Å². The quantitative estimate of drug-likeness (QED) is 0.608. The number of hydrogen-bond acceptors (Lipinski definition) is 4. The molecule has 0 aliphatic heterocycles. The summed E-state index contributed by atoms with van der Waals surface area (Å²) >= 11 is 0. The molecular weight excluding hydrogens is 411 g/mol. The second-order valence-corrected chi connectivity index (χ2v) is 7.54. The third-order valence-corrected chi connectivity index (χ3v) is 4.45. The molecule has 0 radical (unpaired) electrons. The van der Waals surface area contributed by atoms with Crippen LogP contribution in [0.5, 0.6) is 5.75 Å². The summed E-state index contributed by atoms with van der Waals surface area (Å²) in [5.41, 5.74) is 7.96. The number of pyridine rings is 1. The molecule has 0 fully saturated rings. The van der Waals surface area contributed by atoms with Gasteiger partial charge in [0.05, 0.1) is 5.69 Å². The SMILES string of the molecule is CN(CC(C)(C)CN)C(=O)c1cccc(OCc2cn3ccccc3n2)c1.Cl.Cl. The molecule has 6 nitrogen and oxygen atoms in total. The van der Waals surface area contributed by atoms with Gasteiger partial charge in [0.25, 0.3) is 5.91 Å². The molecule has 1 amide bonds. The molecule has 0 unspecified atom stereocenters. The van der Waals surface area contributed by atoms with Gasteiger partial charge in [-0.25, -0.2) is 4.98 Å². The van der Waals surface area contributed by atoms with Crippen molar-refractivity contribution in [2.75, 3.05) is 20.1 Å². The summed E-state index contributed by atoms with van der Waals surface area (Å²) in [5, 5.41) is 0. The predicted octanol–water partition coefficient (Wildman–Crippen LogP) is 3.81. The van der Waals surface area contributed by atoms with Gasteiger partial charge in [-0.1, -0.05) is 26.0 Å². The summed E-state index contributed by atoms with van der Waals surface area (Å²) in [6.07, 6.45) is 3.89. The van der Waals surface area contributed by atoms with E-state index >= 15 is 0 Å². The molecular formula is C21H28Cl2N4O2. The van der Waals surface area contributed by atoms with Gasteiger partial charge in [-0.05, 0) is 42.3 Å². The van der Waals surface area contributed by atoms with Crippen LogP contribution < -0.4 is 10.5 Å². The zero-order chi connectivity index (χ0) is 19.4. The van der Waals surface area contributed by atoms with Gasteiger partial charge in [-0.2, -0.15) is 0 Å². The maximum Gasteiger partial charge on any atom is 0.253 e. The first-order chi connectivity index (χ1) is 12.9. The zero-order valence-corrected chi connectivity index (χ0v) is 18.5. The van der Waals surface area contributed by atoms with Gasteiger partial charge in [0.1, 0.15) is 18.0 Å². The van der Waals surface area contributed by atoms with Crippen molar-refractivity contribution in [2.24, 2.45) is 11.1 Å². The van der Waals surface area contributed by atoms with Gasteiger partial charge in [-0.15, -0.1) is 24.8 Å². The van der Waals surface area contributed by atoms with Crippen molar-refractivity contribution in [1.29, 1.82) is 0 Å². The number of rotatable bonds is 7. The molecule has 2 N–H and O–H groups in total. The van der Waals surface area contributed by atoms with Gasteiger partial charge in [0.2, 0.25) is 0 Å². The Morgan fingerprint density at radius 2 is 1.97 bits per heavy atom. The number of nitrogens with zero attached hydrogens (tertiary/aromatic N) is 3. The normalized spacial score (nSPS) is 10.8. The lowest BCUT2D eigenvalue weighted by molar-refractivity contribution is 0.0740. The molecule has 0 aliphatic rings. The van der Waals surface area contributed by atoms with Crippen LogP contribution in [-0.2, 0) is 6.61 Å². The van der Waals surface area contributed by atoms with Gasteiger partial charge < -0.3 is 19.8 Å². The maximum absolute atomic E-state index is 12.7. The Kier molecular flexibility index (Phi) is 8.95. The van der Waals surface area contributed by atoms with Crippen LogP contribution >= 0.6 is 24.8 Å². The fraction of sp³-hybridized carbons (Fsp3) is 0.333.